The Bertz CT molecular complexity index is 4140. The van der Waals surface area contributed by atoms with Crippen molar-refractivity contribution in [2.24, 2.45) is 0 Å². The topological polar surface area (TPSA) is 640 Å². The molecule has 0 aliphatic rings. The second-order valence-electron chi connectivity index (χ2n) is 20.1. The maximum Gasteiger partial charge on any atom is 0.326 e. The molecular weight excluding hydrogens is 1420 g/mol. The van der Waals surface area contributed by atoms with E-state index >= 15 is 0 Å². The summed E-state index contributed by atoms with van der Waals surface area (Å²) in [6.45, 7) is 0.692. The third-order valence-corrected chi connectivity index (χ3v) is 13.1. The second-order valence-corrected chi connectivity index (χ2v) is 20.1. The number of rotatable bonds is 27. The molecular formula is C57H57N21O18Sm. The molecule has 0 radical (unpaired) electrons. The molecule has 3 amide bonds. The van der Waals surface area contributed by atoms with Gasteiger partial charge in [0.2, 0.25) is 17.8 Å². The van der Waals surface area contributed by atoms with Gasteiger partial charge >= 0.3 is 35.8 Å². The predicted octanol–water partition coefficient (Wildman–Crippen LogP) is -0.134. The summed E-state index contributed by atoms with van der Waals surface area (Å²) in [4.78, 5) is 182. The number of H-pyrrole nitrogens is 3. The van der Waals surface area contributed by atoms with Gasteiger partial charge in [0.1, 0.15) is 18.1 Å². The number of anilines is 6. The summed E-state index contributed by atoms with van der Waals surface area (Å²) in [5.74, 6) is -9.47. The fourth-order valence-corrected chi connectivity index (χ4v) is 8.26. The Labute approximate surface area is 574 Å². The molecule has 97 heavy (non-hydrogen) atoms. The number of nitrogen functional groups attached to an aromatic ring is 3. The van der Waals surface area contributed by atoms with E-state index in [0.717, 1.165) is 0 Å². The fourth-order valence-electron chi connectivity index (χ4n) is 8.26. The van der Waals surface area contributed by atoms with Crippen molar-refractivity contribution in [1.82, 2.24) is 75.8 Å². The van der Waals surface area contributed by atoms with Crippen LogP contribution >= 0.6 is 0 Å². The number of hydrogen-bond acceptors (Lipinski definition) is 27. The summed E-state index contributed by atoms with van der Waals surface area (Å²) in [5.41, 5.74) is 19.4. The van der Waals surface area contributed by atoms with Crippen molar-refractivity contribution in [2.45, 2.75) is 76.3 Å². The minimum Gasteiger partial charge on any atom is -0.481 e. The molecule has 504 valence electrons. The number of benzene rings is 3. The number of aromatic nitrogens is 12. The van der Waals surface area contributed by atoms with Gasteiger partial charge in [-0.05, 0) is 92.1 Å². The zero-order chi connectivity index (χ0) is 69.8. The van der Waals surface area contributed by atoms with Gasteiger partial charge in [-0.2, -0.15) is 15.0 Å². The largest absolute Gasteiger partial charge is 0.481 e. The van der Waals surface area contributed by atoms with Crippen LogP contribution in [0.4, 0.5) is 34.9 Å². The number of carbonyl (C=O) groups is 9. The molecule has 6 heterocycles. The molecule has 0 bridgehead atoms. The first kappa shape index (κ1) is 73.7. The summed E-state index contributed by atoms with van der Waals surface area (Å²) in [6, 6.07) is 14.6. The summed E-state index contributed by atoms with van der Waals surface area (Å²) in [5, 5.41) is 69.6. The predicted molar refractivity (Wildman–Crippen MR) is 336 cm³/mol. The first-order chi connectivity index (χ1) is 45.7. The standard InChI is InChI=1S/3C19H19N7O6.Sm/c3*20-19-25-15-14(17(30)26-19)23-11(8-22-15)7-21-10-3-1-9(2-4-10)16(29)24-12(18(31)32)5-6-13(27)28;/h3*1-4,8,12,21H,5-7H2,(H,24,29)(H,27,28)(H,31,32)(H3,20,22,25,26,30);/t3*12-;/m000./s1. The molecule has 6 aromatic heterocycles. The zero-order valence-corrected chi connectivity index (χ0v) is 52.6. The van der Waals surface area contributed by atoms with Gasteiger partial charge in [-0.3, -0.25) is 58.1 Å². The molecule has 0 saturated heterocycles. The van der Waals surface area contributed by atoms with E-state index in [2.05, 4.69) is 91.7 Å². The Kier molecular flexibility index (Phi) is 26.3. The van der Waals surface area contributed by atoms with Crippen molar-refractivity contribution in [3.63, 3.8) is 0 Å². The number of carbonyl (C=O) groups excluding carboxylic acids is 3. The molecule has 39 nitrogen and oxygen atoms in total. The third-order valence-electron chi connectivity index (χ3n) is 13.1. The molecule has 0 fully saturated rings. The molecule has 40 heteroatoms. The molecule has 0 aliphatic heterocycles. The van der Waals surface area contributed by atoms with Crippen molar-refractivity contribution in [3.05, 3.63) is 156 Å². The van der Waals surface area contributed by atoms with Crippen LogP contribution in [0.15, 0.2) is 106 Å². The van der Waals surface area contributed by atoms with Gasteiger partial charge in [-0.15, -0.1) is 0 Å². The Morgan fingerprint density at radius 3 is 0.835 bits per heavy atom. The van der Waals surface area contributed by atoms with Crippen LogP contribution in [0.25, 0.3) is 33.5 Å². The molecule has 9 rings (SSSR count). The summed E-state index contributed by atoms with van der Waals surface area (Å²) in [7, 11) is 0. The van der Waals surface area contributed by atoms with Gasteiger partial charge < -0.3 is 79.7 Å². The first-order valence-corrected chi connectivity index (χ1v) is 28.0. The van der Waals surface area contributed by atoms with E-state index in [1.807, 2.05) is 0 Å². The van der Waals surface area contributed by atoms with Crippen molar-refractivity contribution in [2.75, 3.05) is 33.2 Å². The number of fused-ring (bicyclic) bond motifs is 3. The molecule has 0 aliphatic carbocycles. The molecule has 21 N–H and O–H groups in total. The fraction of sp³-hybridized carbons (Fsp3) is 0.211. The van der Waals surface area contributed by atoms with Gasteiger partial charge in [-0.1, -0.05) is 0 Å². The van der Waals surface area contributed by atoms with Crippen molar-refractivity contribution < 1.29 is 114 Å². The first-order valence-electron chi connectivity index (χ1n) is 28.0. The van der Waals surface area contributed by atoms with Crippen LogP contribution in [-0.2, 0) is 48.4 Å². The number of carboxylic acids is 6. The van der Waals surface area contributed by atoms with Crippen LogP contribution in [0.2, 0.25) is 0 Å². The zero-order valence-electron chi connectivity index (χ0n) is 50.0. The van der Waals surface area contributed by atoms with Crippen LogP contribution in [0.5, 0.6) is 0 Å². The minimum atomic E-state index is -1.31. The number of aromatic amines is 3. The van der Waals surface area contributed by atoms with Gasteiger partial charge in [0.15, 0.2) is 33.5 Å². The molecule has 9 aromatic rings. The van der Waals surface area contributed by atoms with Crippen molar-refractivity contribution in [3.8, 4) is 0 Å². The second kappa shape index (κ2) is 34.6. The van der Waals surface area contributed by atoms with E-state index in [1.54, 1.807) is 36.4 Å². The number of nitrogens with two attached hydrogens (primary N) is 3. The van der Waals surface area contributed by atoms with E-state index in [1.165, 1.54) is 55.0 Å². The number of nitrogens with one attached hydrogen (secondary N) is 9. The molecule has 3 aromatic carbocycles. The number of amides is 3. The number of nitrogens with zero attached hydrogens (tertiary/aromatic N) is 9. The van der Waals surface area contributed by atoms with Crippen molar-refractivity contribution in [1.29, 1.82) is 0 Å². The van der Waals surface area contributed by atoms with Crippen LogP contribution in [0.1, 0.15) is 86.7 Å². The Morgan fingerprint density at radius 2 is 0.619 bits per heavy atom. The van der Waals surface area contributed by atoms with E-state index in [0.29, 0.717) is 34.1 Å². The van der Waals surface area contributed by atoms with Crippen LogP contribution in [0.3, 0.4) is 0 Å². The quantitative estimate of drug-likeness (QED) is 0.0319. The summed E-state index contributed by atoms with van der Waals surface area (Å²) in [6.07, 6.45) is 2.52. The third kappa shape index (κ3) is 22.2. The van der Waals surface area contributed by atoms with Crippen LogP contribution in [0, 0.1) is 40.4 Å². The van der Waals surface area contributed by atoms with Gasteiger partial charge in [0.05, 0.1) is 55.3 Å². The normalized spacial score (nSPS) is 11.5. The maximum absolute atomic E-state index is 12.3. The van der Waals surface area contributed by atoms with E-state index in [-0.39, 0.29) is 167 Å². The number of carboxylic acid groups (broad SMARTS) is 6. The van der Waals surface area contributed by atoms with Crippen LogP contribution < -0.4 is 65.8 Å². The SMILES string of the molecule is Nc1nc2ncc(CNc3ccc(C(=O)N[C@@H](CCC(=O)O)C(=O)O)cc3)nc2c(=O)[nH]1.Nc1nc2ncc(CNc3ccc(C(=O)N[C@@H](CCC(=O)O)C(=O)O)cc3)nc2c(=O)[nH]1.Nc1nc2ncc(CNc3ccc(C(=O)N[C@@H](CCC(=O)O)C(=O)O)cc3)nc2c(=O)[nH]1.[Sm]. The Hall–Kier alpha value is -12.3. The van der Waals surface area contributed by atoms with Gasteiger partial charge in [0.25, 0.3) is 34.4 Å². The minimum absolute atomic E-state index is 0. The average Bonchev–Trinajstić information content (AvgIpc) is 0.854. The molecule has 0 spiro atoms. The van der Waals surface area contributed by atoms with E-state index in [9.17, 15) is 57.5 Å². The number of hydrogen-bond donors (Lipinski definition) is 18. The summed E-state index contributed by atoms with van der Waals surface area (Å²) >= 11 is 0. The Morgan fingerprint density at radius 1 is 0.381 bits per heavy atom. The smallest absolute Gasteiger partial charge is 0.326 e. The Balaban J connectivity index is 0.000000229. The molecule has 0 unspecified atom stereocenters. The molecule has 0 saturated carbocycles. The summed E-state index contributed by atoms with van der Waals surface area (Å²) < 4.78 is 0. The van der Waals surface area contributed by atoms with E-state index in [4.69, 9.17) is 47.8 Å². The monoisotopic (exact) mass is 1480 g/mol. The maximum atomic E-state index is 12.3. The average molecular weight is 1470 g/mol. The molecule has 3 atom stereocenters. The van der Waals surface area contributed by atoms with Gasteiger partial charge in [0, 0.05) is 93.4 Å². The van der Waals surface area contributed by atoms with Gasteiger partial charge in [-0.25, -0.2) is 44.3 Å². The van der Waals surface area contributed by atoms with E-state index < -0.39 is 88.3 Å². The van der Waals surface area contributed by atoms with Crippen LogP contribution in [-0.4, -0.2) is 162 Å². The number of aliphatic carboxylic acids is 6. The van der Waals surface area contributed by atoms with Crippen molar-refractivity contribution >= 4 is 122 Å².